The van der Waals surface area contributed by atoms with Crippen LogP contribution in [-0.4, -0.2) is 18.0 Å². The van der Waals surface area contributed by atoms with Gasteiger partial charge in [-0.1, -0.05) is 55.0 Å². The zero-order chi connectivity index (χ0) is 14.8. The van der Waals surface area contributed by atoms with E-state index in [2.05, 4.69) is 64.9 Å². The molecular formula is C20H21NS. The highest BCUT2D eigenvalue weighted by Gasteiger charge is 2.25. The lowest BCUT2D eigenvalue weighted by Gasteiger charge is -2.35. The van der Waals surface area contributed by atoms with E-state index in [1.807, 2.05) is 11.3 Å². The van der Waals surface area contributed by atoms with Crippen molar-refractivity contribution in [2.24, 2.45) is 0 Å². The van der Waals surface area contributed by atoms with Gasteiger partial charge in [0.15, 0.2) is 0 Å². The lowest BCUT2D eigenvalue weighted by Crippen LogP contribution is -2.34. The van der Waals surface area contributed by atoms with Crippen LogP contribution in [0.15, 0.2) is 60.0 Å². The third-order valence-electron chi connectivity index (χ3n) is 4.69. The summed E-state index contributed by atoms with van der Waals surface area (Å²) < 4.78 is 0. The Balaban J connectivity index is 1.85. The third-order valence-corrected chi connectivity index (χ3v) is 5.61. The van der Waals surface area contributed by atoms with Crippen LogP contribution < -0.4 is 0 Å². The molecule has 1 saturated heterocycles. The van der Waals surface area contributed by atoms with Crippen LogP contribution in [0.5, 0.6) is 0 Å². The first-order valence-electron chi connectivity index (χ1n) is 8.18. The van der Waals surface area contributed by atoms with Gasteiger partial charge in [-0.2, -0.15) is 0 Å². The minimum Gasteiger partial charge on any atom is -0.292 e. The van der Waals surface area contributed by atoms with Gasteiger partial charge in [0.05, 0.1) is 6.04 Å². The highest BCUT2D eigenvalue weighted by molar-refractivity contribution is 7.10. The van der Waals surface area contributed by atoms with Crippen LogP contribution in [0.25, 0.3) is 10.8 Å². The van der Waals surface area contributed by atoms with Crippen molar-refractivity contribution in [1.82, 2.24) is 4.90 Å². The Hall–Kier alpha value is -1.64. The van der Waals surface area contributed by atoms with Crippen molar-refractivity contribution in [3.8, 4) is 0 Å². The van der Waals surface area contributed by atoms with E-state index in [0.717, 1.165) is 0 Å². The number of hydrogen-bond donors (Lipinski definition) is 0. The molecule has 1 unspecified atom stereocenters. The van der Waals surface area contributed by atoms with Crippen LogP contribution in [0, 0.1) is 0 Å². The molecule has 1 aliphatic rings. The molecule has 3 aromatic rings. The van der Waals surface area contributed by atoms with Gasteiger partial charge in [-0.25, -0.2) is 0 Å². The minimum atomic E-state index is 0.409. The highest BCUT2D eigenvalue weighted by Crippen LogP contribution is 2.37. The third kappa shape index (κ3) is 2.57. The van der Waals surface area contributed by atoms with Crippen LogP contribution in [0.1, 0.15) is 35.7 Å². The standard InChI is InChI=1S/C20H21NS/c1-4-13-21(14-5-1)20(19-12-7-15-22-19)18-11-6-9-16-8-2-3-10-17(16)18/h2-3,6-12,15,20H,1,4-5,13-14H2. The van der Waals surface area contributed by atoms with Crippen molar-refractivity contribution >= 4 is 22.1 Å². The van der Waals surface area contributed by atoms with E-state index in [1.165, 1.54) is 53.6 Å². The highest BCUT2D eigenvalue weighted by atomic mass is 32.1. The lowest BCUT2D eigenvalue weighted by atomic mass is 9.95. The zero-order valence-corrected chi connectivity index (χ0v) is 13.6. The molecule has 0 N–H and O–H groups in total. The first-order valence-corrected chi connectivity index (χ1v) is 9.06. The normalized spacial score (nSPS) is 17.6. The quantitative estimate of drug-likeness (QED) is 0.619. The Bertz CT molecular complexity index is 736. The molecule has 1 nitrogen and oxygen atoms in total. The number of rotatable bonds is 3. The van der Waals surface area contributed by atoms with Crippen molar-refractivity contribution in [2.75, 3.05) is 13.1 Å². The summed E-state index contributed by atoms with van der Waals surface area (Å²) in [5.74, 6) is 0. The van der Waals surface area contributed by atoms with Gasteiger partial charge in [-0.3, -0.25) is 4.90 Å². The fourth-order valence-electron chi connectivity index (χ4n) is 3.64. The molecule has 2 heterocycles. The maximum absolute atomic E-state index is 2.68. The molecule has 2 aromatic carbocycles. The van der Waals surface area contributed by atoms with E-state index < -0.39 is 0 Å². The molecule has 0 amide bonds. The van der Waals surface area contributed by atoms with Crippen molar-refractivity contribution in [1.29, 1.82) is 0 Å². The van der Waals surface area contributed by atoms with Gasteiger partial charge in [0.25, 0.3) is 0 Å². The van der Waals surface area contributed by atoms with Gasteiger partial charge in [0.2, 0.25) is 0 Å². The Kier molecular flexibility index (Phi) is 3.96. The van der Waals surface area contributed by atoms with Crippen LogP contribution in [0.3, 0.4) is 0 Å². The number of piperidine rings is 1. The van der Waals surface area contributed by atoms with Crippen LogP contribution in [0.4, 0.5) is 0 Å². The molecule has 1 atom stereocenters. The lowest BCUT2D eigenvalue weighted by molar-refractivity contribution is 0.190. The Labute approximate surface area is 136 Å². The summed E-state index contributed by atoms with van der Waals surface area (Å²) in [6, 6.07) is 20.4. The fourth-order valence-corrected chi connectivity index (χ4v) is 4.52. The van der Waals surface area contributed by atoms with Gasteiger partial charge < -0.3 is 0 Å². The second-order valence-electron chi connectivity index (χ2n) is 6.08. The zero-order valence-electron chi connectivity index (χ0n) is 12.7. The number of thiophene rings is 1. The number of likely N-dealkylation sites (tertiary alicyclic amines) is 1. The summed E-state index contributed by atoms with van der Waals surface area (Å²) in [6.45, 7) is 2.43. The second-order valence-corrected chi connectivity index (χ2v) is 7.06. The summed E-state index contributed by atoms with van der Waals surface area (Å²) in [4.78, 5) is 4.15. The van der Waals surface area contributed by atoms with Crippen LogP contribution in [0.2, 0.25) is 0 Å². The van der Waals surface area contributed by atoms with E-state index in [1.54, 1.807) is 0 Å². The first-order chi connectivity index (χ1) is 10.9. The largest absolute Gasteiger partial charge is 0.292 e. The summed E-state index contributed by atoms with van der Waals surface area (Å²) in [7, 11) is 0. The fraction of sp³-hybridized carbons (Fsp3) is 0.300. The summed E-state index contributed by atoms with van der Waals surface area (Å²) in [5, 5.41) is 4.95. The number of hydrogen-bond acceptors (Lipinski definition) is 2. The van der Waals surface area contributed by atoms with E-state index >= 15 is 0 Å². The maximum atomic E-state index is 2.68. The average Bonchev–Trinajstić information content (AvgIpc) is 3.11. The van der Waals surface area contributed by atoms with Crippen molar-refractivity contribution < 1.29 is 0 Å². The Morgan fingerprint density at radius 3 is 2.45 bits per heavy atom. The van der Waals surface area contributed by atoms with Gasteiger partial charge in [0.1, 0.15) is 0 Å². The van der Waals surface area contributed by atoms with Crippen molar-refractivity contribution in [3.63, 3.8) is 0 Å². The SMILES string of the molecule is c1csc(C(c2cccc3ccccc23)N2CCCCC2)c1. The molecule has 0 saturated carbocycles. The van der Waals surface area contributed by atoms with Gasteiger partial charge >= 0.3 is 0 Å². The molecule has 0 aliphatic carbocycles. The molecule has 22 heavy (non-hydrogen) atoms. The second kappa shape index (κ2) is 6.23. The summed E-state index contributed by atoms with van der Waals surface area (Å²) in [6.07, 6.45) is 4.03. The predicted molar refractivity (Wildman–Crippen MR) is 95.5 cm³/mol. The smallest absolute Gasteiger partial charge is 0.0702 e. The monoisotopic (exact) mass is 307 g/mol. The number of benzene rings is 2. The Morgan fingerprint density at radius 2 is 1.64 bits per heavy atom. The topological polar surface area (TPSA) is 3.24 Å². The molecule has 4 rings (SSSR count). The molecule has 0 spiro atoms. The number of fused-ring (bicyclic) bond motifs is 1. The predicted octanol–water partition coefficient (Wildman–Crippen LogP) is 5.48. The molecule has 112 valence electrons. The van der Waals surface area contributed by atoms with E-state index in [4.69, 9.17) is 0 Å². The molecule has 2 heteroatoms. The Morgan fingerprint density at radius 1 is 0.818 bits per heavy atom. The van der Waals surface area contributed by atoms with Gasteiger partial charge in [-0.05, 0) is 53.7 Å². The molecule has 1 fully saturated rings. The van der Waals surface area contributed by atoms with Gasteiger partial charge in [0, 0.05) is 4.88 Å². The van der Waals surface area contributed by atoms with Crippen molar-refractivity contribution in [2.45, 2.75) is 25.3 Å². The molecule has 1 aromatic heterocycles. The molecule has 0 bridgehead atoms. The van der Waals surface area contributed by atoms with Gasteiger partial charge in [-0.15, -0.1) is 11.3 Å². The maximum Gasteiger partial charge on any atom is 0.0702 e. The summed E-state index contributed by atoms with van der Waals surface area (Å²) >= 11 is 1.89. The summed E-state index contributed by atoms with van der Waals surface area (Å²) in [5.41, 5.74) is 1.46. The minimum absolute atomic E-state index is 0.409. The van der Waals surface area contributed by atoms with Crippen molar-refractivity contribution in [3.05, 3.63) is 70.4 Å². The average molecular weight is 307 g/mol. The first kappa shape index (κ1) is 14.0. The van der Waals surface area contributed by atoms with E-state index in [-0.39, 0.29) is 0 Å². The van der Waals surface area contributed by atoms with Crippen LogP contribution in [-0.2, 0) is 0 Å². The molecule has 0 radical (unpaired) electrons. The van der Waals surface area contributed by atoms with E-state index in [0.29, 0.717) is 6.04 Å². The van der Waals surface area contributed by atoms with Crippen LogP contribution >= 0.6 is 11.3 Å². The molecule has 1 aliphatic heterocycles. The van der Waals surface area contributed by atoms with E-state index in [9.17, 15) is 0 Å². The number of nitrogens with zero attached hydrogens (tertiary/aromatic N) is 1. The molecular weight excluding hydrogens is 286 g/mol.